The van der Waals surface area contributed by atoms with Crippen LogP contribution in [0.1, 0.15) is 26.2 Å². The van der Waals surface area contributed by atoms with E-state index in [1.807, 2.05) is 0 Å². The molecule has 0 bridgehead atoms. The molecule has 2 rings (SSSR count). The summed E-state index contributed by atoms with van der Waals surface area (Å²) in [6, 6.07) is 0.637. The molecule has 2 saturated heterocycles. The highest BCUT2D eigenvalue weighted by molar-refractivity contribution is 4.81. The summed E-state index contributed by atoms with van der Waals surface area (Å²) < 4.78 is 11.0. The van der Waals surface area contributed by atoms with Crippen molar-refractivity contribution in [3.8, 4) is 0 Å². The molecule has 0 saturated carbocycles. The molecule has 4 heteroatoms. The van der Waals surface area contributed by atoms with E-state index in [1.165, 1.54) is 32.4 Å². The zero-order valence-electron chi connectivity index (χ0n) is 11.9. The number of methoxy groups -OCH3 is 1. The quantitative estimate of drug-likeness (QED) is 0.738. The molecule has 0 amide bonds. The number of hydrogen-bond donors (Lipinski definition) is 0. The molecule has 0 aromatic rings. The molecule has 2 aliphatic heterocycles. The molecule has 18 heavy (non-hydrogen) atoms. The smallest absolute Gasteiger partial charge is 0.0702 e. The van der Waals surface area contributed by atoms with E-state index in [4.69, 9.17) is 9.47 Å². The highest BCUT2D eigenvalue weighted by Gasteiger charge is 2.25. The molecular weight excluding hydrogens is 228 g/mol. The fraction of sp³-hybridized carbons (Fsp3) is 1.00. The molecule has 2 atom stereocenters. The van der Waals surface area contributed by atoms with E-state index in [2.05, 4.69) is 16.7 Å². The van der Waals surface area contributed by atoms with Gasteiger partial charge in [0.25, 0.3) is 0 Å². The third-order valence-electron chi connectivity index (χ3n) is 4.17. The maximum Gasteiger partial charge on any atom is 0.0702 e. The Labute approximate surface area is 111 Å². The second-order valence-corrected chi connectivity index (χ2v) is 5.63. The summed E-state index contributed by atoms with van der Waals surface area (Å²) in [4.78, 5) is 5.10. The average molecular weight is 256 g/mol. The van der Waals surface area contributed by atoms with Gasteiger partial charge in [0.15, 0.2) is 0 Å². The molecule has 0 spiro atoms. The van der Waals surface area contributed by atoms with Crippen LogP contribution < -0.4 is 0 Å². The van der Waals surface area contributed by atoms with Crippen molar-refractivity contribution in [2.24, 2.45) is 0 Å². The first kappa shape index (κ1) is 14.3. The first-order valence-corrected chi connectivity index (χ1v) is 7.36. The summed E-state index contributed by atoms with van der Waals surface area (Å²) in [5, 5.41) is 0. The molecule has 0 radical (unpaired) electrons. The highest BCUT2D eigenvalue weighted by Crippen LogP contribution is 2.16. The topological polar surface area (TPSA) is 24.9 Å². The Bertz CT molecular complexity index is 232. The van der Waals surface area contributed by atoms with Crippen LogP contribution in [0.4, 0.5) is 0 Å². The van der Waals surface area contributed by atoms with Crippen LogP contribution in [0.5, 0.6) is 0 Å². The van der Waals surface area contributed by atoms with Crippen molar-refractivity contribution in [2.45, 2.75) is 38.3 Å². The molecule has 0 aromatic heterocycles. The van der Waals surface area contributed by atoms with Gasteiger partial charge in [0, 0.05) is 52.5 Å². The number of rotatable bonds is 5. The van der Waals surface area contributed by atoms with Gasteiger partial charge in [-0.25, -0.2) is 0 Å². The molecule has 0 N–H and O–H groups in total. The molecular formula is C14H28N2O2. The van der Waals surface area contributed by atoms with Gasteiger partial charge in [0.1, 0.15) is 0 Å². The average Bonchev–Trinajstić information content (AvgIpc) is 2.39. The Morgan fingerprint density at radius 3 is 2.83 bits per heavy atom. The van der Waals surface area contributed by atoms with Gasteiger partial charge in [-0.15, -0.1) is 0 Å². The predicted molar refractivity (Wildman–Crippen MR) is 72.9 cm³/mol. The van der Waals surface area contributed by atoms with Crippen molar-refractivity contribution >= 4 is 0 Å². The Hall–Kier alpha value is -0.160. The van der Waals surface area contributed by atoms with Crippen LogP contribution in [0.25, 0.3) is 0 Å². The number of hydrogen-bond acceptors (Lipinski definition) is 4. The van der Waals surface area contributed by atoms with E-state index in [-0.39, 0.29) is 0 Å². The minimum Gasteiger partial charge on any atom is -0.383 e. The lowest BCUT2D eigenvalue weighted by Gasteiger charge is -2.41. The Morgan fingerprint density at radius 1 is 1.28 bits per heavy atom. The van der Waals surface area contributed by atoms with Crippen LogP contribution in [-0.2, 0) is 9.47 Å². The second kappa shape index (κ2) is 7.43. The molecule has 0 aliphatic carbocycles. The first-order chi connectivity index (χ1) is 8.79. The fourth-order valence-corrected chi connectivity index (χ4v) is 3.02. The Balaban J connectivity index is 1.70. The van der Waals surface area contributed by atoms with E-state index >= 15 is 0 Å². The molecule has 0 unspecified atom stereocenters. The summed E-state index contributed by atoms with van der Waals surface area (Å²) in [6.07, 6.45) is 4.32. The third kappa shape index (κ3) is 4.19. The normalized spacial score (nSPS) is 31.7. The van der Waals surface area contributed by atoms with Crippen LogP contribution in [0, 0.1) is 0 Å². The lowest BCUT2D eigenvalue weighted by Crippen LogP contribution is -2.54. The summed E-state index contributed by atoms with van der Waals surface area (Å²) in [5.74, 6) is 0. The SMILES string of the molecule is COCCN1CCN(C[C@@H]2CCCCO2)C[C@H]1C. The van der Waals surface area contributed by atoms with Gasteiger partial charge in [-0.2, -0.15) is 0 Å². The van der Waals surface area contributed by atoms with Crippen LogP contribution in [0.15, 0.2) is 0 Å². The lowest BCUT2D eigenvalue weighted by atomic mass is 10.1. The van der Waals surface area contributed by atoms with Crippen molar-refractivity contribution in [3.05, 3.63) is 0 Å². The van der Waals surface area contributed by atoms with E-state index in [1.54, 1.807) is 7.11 Å². The minimum absolute atomic E-state index is 0.483. The lowest BCUT2D eigenvalue weighted by molar-refractivity contribution is -0.0229. The molecule has 2 heterocycles. The van der Waals surface area contributed by atoms with Gasteiger partial charge in [0.05, 0.1) is 12.7 Å². The minimum atomic E-state index is 0.483. The van der Waals surface area contributed by atoms with E-state index in [9.17, 15) is 0 Å². The Morgan fingerprint density at radius 2 is 2.17 bits per heavy atom. The van der Waals surface area contributed by atoms with Crippen molar-refractivity contribution in [3.63, 3.8) is 0 Å². The summed E-state index contributed by atoms with van der Waals surface area (Å²) >= 11 is 0. The van der Waals surface area contributed by atoms with Crippen molar-refractivity contribution < 1.29 is 9.47 Å². The van der Waals surface area contributed by atoms with Crippen molar-refractivity contribution in [1.82, 2.24) is 9.80 Å². The maximum absolute atomic E-state index is 5.83. The molecule has 4 nitrogen and oxygen atoms in total. The van der Waals surface area contributed by atoms with Crippen molar-refractivity contribution in [1.29, 1.82) is 0 Å². The predicted octanol–water partition coefficient (Wildman–Crippen LogP) is 1.21. The molecule has 106 valence electrons. The number of ether oxygens (including phenoxy) is 2. The van der Waals surface area contributed by atoms with Gasteiger partial charge in [-0.1, -0.05) is 0 Å². The molecule has 0 aromatic carbocycles. The monoisotopic (exact) mass is 256 g/mol. The summed E-state index contributed by atoms with van der Waals surface area (Å²) in [7, 11) is 1.78. The first-order valence-electron chi connectivity index (χ1n) is 7.36. The van der Waals surface area contributed by atoms with Gasteiger partial charge in [-0.05, 0) is 26.2 Å². The standard InChI is InChI=1S/C14H28N2O2/c1-13-11-15(6-7-16(13)8-10-17-2)12-14-5-3-4-9-18-14/h13-14H,3-12H2,1-2H3/t13-,14+/m1/s1. The third-order valence-corrected chi connectivity index (χ3v) is 4.17. The summed E-state index contributed by atoms with van der Waals surface area (Å²) in [6.45, 7) is 9.83. The highest BCUT2D eigenvalue weighted by atomic mass is 16.5. The van der Waals surface area contributed by atoms with Gasteiger partial charge in [-0.3, -0.25) is 9.80 Å². The van der Waals surface area contributed by atoms with E-state index in [0.29, 0.717) is 12.1 Å². The van der Waals surface area contributed by atoms with Crippen LogP contribution >= 0.6 is 0 Å². The summed E-state index contributed by atoms with van der Waals surface area (Å²) in [5.41, 5.74) is 0. The van der Waals surface area contributed by atoms with Crippen LogP contribution in [-0.4, -0.2) is 75.0 Å². The number of nitrogens with zero attached hydrogens (tertiary/aromatic N) is 2. The zero-order chi connectivity index (χ0) is 12.8. The van der Waals surface area contributed by atoms with Crippen molar-refractivity contribution in [2.75, 3.05) is 53.0 Å². The molecule has 2 fully saturated rings. The molecule has 2 aliphatic rings. The van der Waals surface area contributed by atoms with E-state index < -0.39 is 0 Å². The van der Waals surface area contributed by atoms with Crippen LogP contribution in [0.2, 0.25) is 0 Å². The number of piperazine rings is 1. The zero-order valence-corrected chi connectivity index (χ0v) is 11.9. The second-order valence-electron chi connectivity index (χ2n) is 5.63. The fourth-order valence-electron chi connectivity index (χ4n) is 3.02. The van der Waals surface area contributed by atoms with Crippen LogP contribution in [0.3, 0.4) is 0 Å². The maximum atomic E-state index is 5.83. The van der Waals surface area contributed by atoms with Gasteiger partial charge < -0.3 is 9.47 Å². The van der Waals surface area contributed by atoms with E-state index in [0.717, 1.165) is 32.8 Å². The van der Waals surface area contributed by atoms with Gasteiger partial charge >= 0.3 is 0 Å². The Kier molecular flexibility index (Phi) is 5.89. The largest absolute Gasteiger partial charge is 0.383 e. The van der Waals surface area contributed by atoms with Gasteiger partial charge in [0.2, 0.25) is 0 Å².